The van der Waals surface area contributed by atoms with Crippen molar-refractivity contribution in [3.8, 4) is 0 Å². The van der Waals surface area contributed by atoms with Gasteiger partial charge in [0.05, 0.1) is 5.69 Å². The number of nitrogens with zero attached hydrogens (tertiary/aromatic N) is 3. The summed E-state index contributed by atoms with van der Waals surface area (Å²) in [4.78, 5) is 7.40. The molecule has 1 fully saturated rings. The van der Waals surface area contributed by atoms with Gasteiger partial charge in [-0.05, 0) is 46.3 Å². The van der Waals surface area contributed by atoms with Crippen LogP contribution in [0.15, 0.2) is 0 Å². The van der Waals surface area contributed by atoms with Gasteiger partial charge in [-0.15, -0.1) is 0 Å². The molecule has 0 saturated carbocycles. The maximum Gasteiger partial charge on any atom is 0.113 e. The fourth-order valence-electron chi connectivity index (χ4n) is 3.41. The van der Waals surface area contributed by atoms with Crippen LogP contribution in [0.1, 0.15) is 42.4 Å². The molecule has 0 radical (unpaired) electrons. The Morgan fingerprint density at radius 3 is 2.94 bits per heavy atom. The van der Waals surface area contributed by atoms with Gasteiger partial charge in [0, 0.05) is 31.2 Å². The summed E-state index contributed by atoms with van der Waals surface area (Å²) in [6.45, 7) is 4.49. The lowest BCUT2D eigenvalue weighted by molar-refractivity contribution is 0.405. The first-order chi connectivity index (χ1) is 8.79. The second-order valence-corrected chi connectivity index (χ2v) is 5.75. The van der Waals surface area contributed by atoms with Gasteiger partial charge >= 0.3 is 0 Å². The molecule has 1 aromatic rings. The zero-order valence-electron chi connectivity index (χ0n) is 11.6. The van der Waals surface area contributed by atoms with E-state index < -0.39 is 0 Å². The summed E-state index contributed by atoms with van der Waals surface area (Å²) in [6, 6.07) is 0. The SMILES string of the molecule is CNCc1nc(C2CCN(C)C2)n2c1CCCC2. The number of hydrogen-bond acceptors (Lipinski definition) is 3. The van der Waals surface area contributed by atoms with E-state index in [4.69, 9.17) is 4.98 Å². The lowest BCUT2D eigenvalue weighted by atomic mass is 10.1. The highest BCUT2D eigenvalue weighted by Gasteiger charge is 2.28. The molecule has 1 aromatic heterocycles. The van der Waals surface area contributed by atoms with E-state index in [1.165, 1.54) is 62.5 Å². The van der Waals surface area contributed by atoms with E-state index in [0.717, 1.165) is 6.54 Å². The summed E-state index contributed by atoms with van der Waals surface area (Å²) in [7, 11) is 4.23. The van der Waals surface area contributed by atoms with Crippen LogP contribution in [0.25, 0.3) is 0 Å². The second kappa shape index (κ2) is 5.02. The highest BCUT2D eigenvalue weighted by Crippen LogP contribution is 2.30. The van der Waals surface area contributed by atoms with Crippen LogP contribution in [0, 0.1) is 0 Å². The molecule has 1 saturated heterocycles. The average molecular weight is 248 g/mol. The maximum absolute atomic E-state index is 4.97. The van der Waals surface area contributed by atoms with Gasteiger partial charge in [0.2, 0.25) is 0 Å². The zero-order valence-corrected chi connectivity index (χ0v) is 11.6. The van der Waals surface area contributed by atoms with Gasteiger partial charge in [-0.3, -0.25) is 0 Å². The molecular formula is C14H24N4. The fourth-order valence-corrected chi connectivity index (χ4v) is 3.41. The molecule has 4 heteroatoms. The molecule has 18 heavy (non-hydrogen) atoms. The number of hydrogen-bond donors (Lipinski definition) is 1. The van der Waals surface area contributed by atoms with Crippen LogP contribution >= 0.6 is 0 Å². The molecule has 4 nitrogen and oxygen atoms in total. The number of likely N-dealkylation sites (tertiary alicyclic amines) is 1. The van der Waals surface area contributed by atoms with E-state index in [1.54, 1.807) is 0 Å². The van der Waals surface area contributed by atoms with E-state index in [9.17, 15) is 0 Å². The molecule has 2 aliphatic rings. The van der Waals surface area contributed by atoms with Crippen molar-refractivity contribution in [3.63, 3.8) is 0 Å². The average Bonchev–Trinajstić information content (AvgIpc) is 2.95. The molecule has 0 aliphatic carbocycles. The van der Waals surface area contributed by atoms with Crippen LogP contribution in [-0.4, -0.2) is 41.6 Å². The van der Waals surface area contributed by atoms with E-state index in [2.05, 4.69) is 21.8 Å². The van der Waals surface area contributed by atoms with Crippen LogP contribution in [-0.2, 0) is 19.5 Å². The molecule has 2 aliphatic heterocycles. The number of nitrogens with one attached hydrogen (secondary N) is 1. The Morgan fingerprint density at radius 2 is 2.22 bits per heavy atom. The molecule has 3 rings (SSSR count). The Kier molecular flexibility index (Phi) is 3.39. The Balaban J connectivity index is 1.93. The first-order valence-electron chi connectivity index (χ1n) is 7.21. The largest absolute Gasteiger partial charge is 0.331 e. The molecule has 1 N–H and O–H groups in total. The van der Waals surface area contributed by atoms with Crippen LogP contribution < -0.4 is 5.32 Å². The third-order valence-electron chi connectivity index (χ3n) is 4.33. The lowest BCUT2D eigenvalue weighted by Crippen LogP contribution is -2.18. The predicted molar refractivity (Wildman–Crippen MR) is 72.8 cm³/mol. The van der Waals surface area contributed by atoms with Gasteiger partial charge in [0.15, 0.2) is 0 Å². The van der Waals surface area contributed by atoms with Gasteiger partial charge in [0.1, 0.15) is 5.82 Å². The summed E-state index contributed by atoms with van der Waals surface area (Å²) in [5, 5.41) is 3.26. The number of aromatic nitrogens is 2. The van der Waals surface area contributed by atoms with Gasteiger partial charge in [-0.1, -0.05) is 0 Å². The van der Waals surface area contributed by atoms with Crippen LogP contribution in [0.5, 0.6) is 0 Å². The summed E-state index contributed by atoms with van der Waals surface area (Å²) in [5.74, 6) is 2.01. The number of rotatable bonds is 3. The number of imidazole rings is 1. The molecule has 3 heterocycles. The van der Waals surface area contributed by atoms with Crippen molar-refractivity contribution in [1.82, 2.24) is 19.8 Å². The smallest absolute Gasteiger partial charge is 0.113 e. The molecule has 100 valence electrons. The highest BCUT2D eigenvalue weighted by atomic mass is 15.2. The van der Waals surface area contributed by atoms with Crippen molar-refractivity contribution in [3.05, 3.63) is 17.2 Å². The van der Waals surface area contributed by atoms with Crippen molar-refractivity contribution in [2.45, 2.75) is 44.7 Å². The molecule has 1 unspecified atom stereocenters. The highest BCUT2D eigenvalue weighted by molar-refractivity contribution is 5.22. The number of likely N-dealkylation sites (N-methyl/N-ethyl adjacent to an activating group) is 1. The summed E-state index contributed by atoms with van der Waals surface area (Å²) in [5.41, 5.74) is 2.79. The first-order valence-corrected chi connectivity index (χ1v) is 7.21. The Morgan fingerprint density at radius 1 is 1.33 bits per heavy atom. The number of fused-ring (bicyclic) bond motifs is 1. The minimum Gasteiger partial charge on any atom is -0.331 e. The molecule has 0 bridgehead atoms. The Labute approximate surface area is 109 Å². The first kappa shape index (κ1) is 12.2. The summed E-state index contributed by atoms with van der Waals surface area (Å²) >= 11 is 0. The second-order valence-electron chi connectivity index (χ2n) is 5.75. The predicted octanol–water partition coefficient (Wildman–Crippen LogP) is 1.36. The Hall–Kier alpha value is -0.870. The zero-order chi connectivity index (χ0) is 12.5. The molecule has 0 amide bonds. The molecular weight excluding hydrogens is 224 g/mol. The third-order valence-corrected chi connectivity index (χ3v) is 4.33. The van der Waals surface area contributed by atoms with Crippen LogP contribution in [0.4, 0.5) is 0 Å². The standard InChI is InChI=1S/C14H24N4/c1-15-9-12-13-5-3-4-7-18(13)14(16-12)11-6-8-17(2)10-11/h11,15H,3-10H2,1-2H3. The van der Waals surface area contributed by atoms with Gasteiger partial charge < -0.3 is 14.8 Å². The molecule has 0 spiro atoms. The fraction of sp³-hybridized carbons (Fsp3) is 0.786. The van der Waals surface area contributed by atoms with Crippen molar-refractivity contribution in [2.75, 3.05) is 27.2 Å². The van der Waals surface area contributed by atoms with E-state index in [-0.39, 0.29) is 0 Å². The van der Waals surface area contributed by atoms with Crippen molar-refractivity contribution in [2.24, 2.45) is 0 Å². The van der Waals surface area contributed by atoms with E-state index in [0.29, 0.717) is 5.92 Å². The lowest BCUT2D eigenvalue weighted by Gasteiger charge is -2.19. The van der Waals surface area contributed by atoms with Crippen LogP contribution in [0.3, 0.4) is 0 Å². The van der Waals surface area contributed by atoms with Gasteiger partial charge in [-0.2, -0.15) is 0 Å². The maximum atomic E-state index is 4.97. The summed E-state index contributed by atoms with van der Waals surface area (Å²) < 4.78 is 2.53. The van der Waals surface area contributed by atoms with Crippen molar-refractivity contribution in [1.29, 1.82) is 0 Å². The van der Waals surface area contributed by atoms with Crippen molar-refractivity contribution < 1.29 is 0 Å². The van der Waals surface area contributed by atoms with Crippen LogP contribution in [0.2, 0.25) is 0 Å². The third kappa shape index (κ3) is 2.08. The van der Waals surface area contributed by atoms with E-state index >= 15 is 0 Å². The van der Waals surface area contributed by atoms with Crippen molar-refractivity contribution >= 4 is 0 Å². The molecule has 0 aromatic carbocycles. The Bertz CT molecular complexity index is 424. The van der Waals surface area contributed by atoms with E-state index in [1.807, 2.05) is 7.05 Å². The summed E-state index contributed by atoms with van der Waals surface area (Å²) in [6.07, 6.45) is 5.13. The topological polar surface area (TPSA) is 33.1 Å². The minimum atomic E-state index is 0.650. The quantitative estimate of drug-likeness (QED) is 0.877. The normalized spacial score (nSPS) is 24.4. The molecule has 1 atom stereocenters. The van der Waals surface area contributed by atoms with Gasteiger partial charge in [0.25, 0.3) is 0 Å². The van der Waals surface area contributed by atoms with Gasteiger partial charge in [-0.25, -0.2) is 4.98 Å². The monoisotopic (exact) mass is 248 g/mol. The minimum absolute atomic E-state index is 0.650.